The minimum Gasteiger partial charge on any atom is -0.371 e. The van der Waals surface area contributed by atoms with Gasteiger partial charge in [-0.25, -0.2) is 5.48 Å². The molecule has 0 bridgehead atoms. The lowest BCUT2D eigenvalue weighted by atomic mass is 10.1. The van der Waals surface area contributed by atoms with Crippen LogP contribution in [0.3, 0.4) is 0 Å². The van der Waals surface area contributed by atoms with Crippen molar-refractivity contribution in [3.8, 4) is 10.4 Å². The van der Waals surface area contributed by atoms with Crippen LogP contribution in [0.15, 0.2) is 40.2 Å². The van der Waals surface area contributed by atoms with E-state index in [9.17, 15) is 14.7 Å². The third-order valence-electron chi connectivity index (χ3n) is 3.55. The third kappa shape index (κ3) is 5.05. The highest BCUT2D eigenvalue weighted by molar-refractivity contribution is 9.11. The van der Waals surface area contributed by atoms with E-state index in [4.69, 9.17) is 5.21 Å². The predicted molar refractivity (Wildman–Crippen MR) is 103 cm³/mol. The summed E-state index contributed by atoms with van der Waals surface area (Å²) in [5.41, 5.74) is 2.93. The number of carbonyl (C=O) groups is 2. The molecule has 1 aromatic carbocycles. The zero-order valence-corrected chi connectivity index (χ0v) is 16.5. The smallest absolute Gasteiger partial charge is 0.285 e. The topological polar surface area (TPSA) is 98.7 Å². The Morgan fingerprint density at radius 1 is 1.24 bits per heavy atom. The lowest BCUT2D eigenvalue weighted by molar-refractivity contribution is -0.140. The van der Waals surface area contributed by atoms with Crippen molar-refractivity contribution in [2.75, 3.05) is 12.8 Å². The third-order valence-corrected chi connectivity index (χ3v) is 6.29. The first kappa shape index (κ1) is 19.9. The molecule has 0 aliphatic heterocycles. The summed E-state index contributed by atoms with van der Waals surface area (Å²) < 4.78 is 1.04. The van der Waals surface area contributed by atoms with E-state index in [-0.39, 0.29) is 18.9 Å². The van der Waals surface area contributed by atoms with Crippen LogP contribution in [0.2, 0.25) is 0 Å². The Bertz CT molecular complexity index is 751. The number of aliphatic hydroxyl groups is 1. The van der Waals surface area contributed by atoms with Crippen LogP contribution in [0.4, 0.5) is 0 Å². The molecule has 1 heterocycles. The number of amides is 2. The average Bonchev–Trinajstić information content (AvgIpc) is 3.07. The molecule has 1 atom stereocenters. The monoisotopic (exact) mass is 444 g/mol. The molecule has 0 fully saturated rings. The largest absolute Gasteiger partial charge is 0.371 e. The molecule has 0 aliphatic rings. The van der Waals surface area contributed by atoms with Gasteiger partial charge in [0.2, 0.25) is 0 Å². The van der Waals surface area contributed by atoms with E-state index in [2.05, 4.69) is 21.2 Å². The van der Waals surface area contributed by atoms with Crippen LogP contribution in [-0.2, 0) is 4.79 Å². The fraction of sp³-hybridized carbons (Fsp3) is 0.250. The molecule has 0 radical (unpaired) electrons. The first-order valence-corrected chi connectivity index (χ1v) is 10.1. The second kappa shape index (κ2) is 8.81. The Morgan fingerprint density at radius 2 is 1.92 bits per heavy atom. The number of thiophene rings is 1. The lowest BCUT2D eigenvalue weighted by Crippen LogP contribution is -2.45. The summed E-state index contributed by atoms with van der Waals surface area (Å²) in [5.74, 6) is -1.22. The van der Waals surface area contributed by atoms with E-state index in [1.165, 1.54) is 5.48 Å². The lowest BCUT2D eigenvalue weighted by Gasteiger charge is -2.23. The molecule has 0 saturated carbocycles. The number of halogens is 1. The van der Waals surface area contributed by atoms with Crippen LogP contribution in [0.5, 0.6) is 0 Å². The SMILES string of the molecule is CSC(O)(CCNC(=O)c1ccc(-c2ccc(Br)s2)cc1)C(=O)NO. The number of carbonyl (C=O) groups excluding carboxylic acids is 2. The molecule has 9 heteroatoms. The maximum atomic E-state index is 12.2. The zero-order valence-electron chi connectivity index (χ0n) is 13.3. The van der Waals surface area contributed by atoms with Gasteiger partial charge < -0.3 is 10.4 Å². The minimum absolute atomic E-state index is 0.0341. The molecule has 4 N–H and O–H groups in total. The molecule has 1 unspecified atom stereocenters. The van der Waals surface area contributed by atoms with Gasteiger partial charge in [-0.2, -0.15) is 0 Å². The zero-order chi connectivity index (χ0) is 18.4. The van der Waals surface area contributed by atoms with Gasteiger partial charge in [-0.3, -0.25) is 14.8 Å². The molecule has 0 saturated heterocycles. The minimum atomic E-state index is -1.79. The summed E-state index contributed by atoms with van der Waals surface area (Å²) >= 11 is 5.91. The summed E-state index contributed by atoms with van der Waals surface area (Å²) in [4.78, 5) is 22.9. The number of nitrogens with one attached hydrogen (secondary N) is 2. The highest BCUT2D eigenvalue weighted by Crippen LogP contribution is 2.31. The predicted octanol–water partition coefficient (Wildman–Crippen LogP) is 2.85. The molecule has 6 nitrogen and oxygen atoms in total. The molecule has 0 aliphatic carbocycles. The number of hydroxylamine groups is 1. The maximum Gasteiger partial charge on any atom is 0.285 e. The fourth-order valence-electron chi connectivity index (χ4n) is 2.10. The van der Waals surface area contributed by atoms with Gasteiger partial charge in [0.05, 0.1) is 3.79 Å². The standard InChI is InChI=1S/C16H17BrN2O4S2/c1-24-16(22,15(21)19-23)8-9-18-14(20)11-4-2-10(3-5-11)12-6-7-13(17)25-12/h2-7,22-23H,8-9H2,1H3,(H,18,20)(H,19,21). The molecule has 2 aromatic rings. The van der Waals surface area contributed by atoms with Crippen LogP contribution in [0.25, 0.3) is 10.4 Å². The molecular formula is C16H17BrN2O4S2. The maximum absolute atomic E-state index is 12.2. The van der Waals surface area contributed by atoms with Gasteiger partial charge in [-0.15, -0.1) is 23.1 Å². The molecule has 0 spiro atoms. The van der Waals surface area contributed by atoms with Crippen molar-refractivity contribution >= 4 is 50.8 Å². The highest BCUT2D eigenvalue weighted by atomic mass is 79.9. The van der Waals surface area contributed by atoms with Crippen molar-refractivity contribution in [1.29, 1.82) is 0 Å². The molecule has 1 aromatic heterocycles. The summed E-state index contributed by atoms with van der Waals surface area (Å²) in [5, 5.41) is 21.4. The van der Waals surface area contributed by atoms with Crippen molar-refractivity contribution in [2.24, 2.45) is 0 Å². The molecule has 134 valence electrons. The Morgan fingerprint density at radius 3 is 2.44 bits per heavy atom. The van der Waals surface area contributed by atoms with Crippen molar-refractivity contribution in [2.45, 2.75) is 11.4 Å². The summed E-state index contributed by atoms with van der Waals surface area (Å²) in [7, 11) is 0. The van der Waals surface area contributed by atoms with Crippen LogP contribution < -0.4 is 10.8 Å². The first-order chi connectivity index (χ1) is 11.9. The van der Waals surface area contributed by atoms with Crippen molar-refractivity contribution in [1.82, 2.24) is 10.8 Å². The van der Waals surface area contributed by atoms with E-state index in [1.807, 2.05) is 24.3 Å². The fourth-order valence-corrected chi connectivity index (χ4v) is 4.03. The van der Waals surface area contributed by atoms with Gasteiger partial charge >= 0.3 is 0 Å². The van der Waals surface area contributed by atoms with E-state index in [1.54, 1.807) is 29.7 Å². The van der Waals surface area contributed by atoms with Crippen molar-refractivity contribution < 1.29 is 19.9 Å². The van der Waals surface area contributed by atoms with Crippen LogP contribution in [0.1, 0.15) is 16.8 Å². The number of thioether (sulfide) groups is 1. The van der Waals surface area contributed by atoms with Crippen LogP contribution in [0, 0.1) is 0 Å². The summed E-state index contributed by atoms with van der Waals surface area (Å²) in [6.45, 7) is 0.0865. The van der Waals surface area contributed by atoms with E-state index < -0.39 is 10.8 Å². The van der Waals surface area contributed by atoms with Gasteiger partial charge in [-0.1, -0.05) is 12.1 Å². The Balaban J connectivity index is 1.94. The van der Waals surface area contributed by atoms with Crippen LogP contribution in [-0.4, -0.2) is 39.9 Å². The van der Waals surface area contributed by atoms with Gasteiger partial charge in [0.25, 0.3) is 11.8 Å². The van der Waals surface area contributed by atoms with Crippen molar-refractivity contribution in [3.63, 3.8) is 0 Å². The molecule has 25 heavy (non-hydrogen) atoms. The summed E-state index contributed by atoms with van der Waals surface area (Å²) in [6.07, 6.45) is 1.51. The first-order valence-electron chi connectivity index (χ1n) is 7.25. The Kier molecular flexibility index (Phi) is 7.03. The normalized spacial score (nSPS) is 13.1. The number of rotatable bonds is 7. The van der Waals surface area contributed by atoms with Crippen molar-refractivity contribution in [3.05, 3.63) is 45.7 Å². The number of hydrogen-bond acceptors (Lipinski definition) is 6. The number of benzene rings is 1. The molecule has 2 amide bonds. The summed E-state index contributed by atoms with van der Waals surface area (Å²) in [6, 6.07) is 11.1. The van der Waals surface area contributed by atoms with E-state index >= 15 is 0 Å². The van der Waals surface area contributed by atoms with Gasteiger partial charge in [0, 0.05) is 23.4 Å². The highest BCUT2D eigenvalue weighted by Gasteiger charge is 2.34. The Labute approximate surface area is 161 Å². The van der Waals surface area contributed by atoms with E-state index in [0.29, 0.717) is 5.56 Å². The second-order valence-corrected chi connectivity index (χ2v) is 8.66. The quantitative estimate of drug-likeness (QED) is 0.299. The Hall–Kier alpha value is -1.39. The molecular weight excluding hydrogens is 428 g/mol. The average molecular weight is 445 g/mol. The van der Waals surface area contributed by atoms with Gasteiger partial charge in [-0.05, 0) is 52.0 Å². The van der Waals surface area contributed by atoms with Crippen LogP contribution >= 0.6 is 39.0 Å². The number of hydrogen-bond donors (Lipinski definition) is 4. The van der Waals surface area contributed by atoms with Gasteiger partial charge in [0.1, 0.15) is 0 Å². The molecule has 2 rings (SSSR count). The van der Waals surface area contributed by atoms with E-state index in [0.717, 1.165) is 26.0 Å². The second-order valence-electron chi connectivity index (χ2n) is 5.12. The van der Waals surface area contributed by atoms with Gasteiger partial charge in [0.15, 0.2) is 4.93 Å².